The highest BCUT2D eigenvalue weighted by molar-refractivity contribution is 5.74. The van der Waals surface area contributed by atoms with Crippen LogP contribution in [0.5, 0.6) is 0 Å². The minimum absolute atomic E-state index is 0.255. The highest BCUT2D eigenvalue weighted by Gasteiger charge is 2.06. The van der Waals surface area contributed by atoms with Crippen LogP contribution in [0.3, 0.4) is 0 Å². The third kappa shape index (κ3) is 4.75. The van der Waals surface area contributed by atoms with Gasteiger partial charge in [0.15, 0.2) is 0 Å². The molecule has 0 heterocycles. The summed E-state index contributed by atoms with van der Waals surface area (Å²) in [6, 6.07) is 19.2. The van der Waals surface area contributed by atoms with Crippen LogP contribution >= 0.6 is 0 Å². The molecule has 3 aromatic rings. The highest BCUT2D eigenvalue weighted by Crippen LogP contribution is 2.29. The monoisotopic (exact) mass is 352 g/mol. The Hall–Kier alpha value is -2.56. The van der Waals surface area contributed by atoms with Crippen LogP contribution in [0.4, 0.5) is 8.78 Å². The molecule has 0 fully saturated rings. The number of nitrogens with two attached hydrogens (primary N) is 1. The molecule has 3 N–H and O–H groups in total. The van der Waals surface area contributed by atoms with Gasteiger partial charge < -0.3 is 11.1 Å². The summed E-state index contributed by atoms with van der Waals surface area (Å²) in [4.78, 5) is 0. The minimum atomic E-state index is -0.255. The molecule has 2 nitrogen and oxygen atoms in total. The van der Waals surface area contributed by atoms with Crippen molar-refractivity contribution < 1.29 is 8.78 Å². The van der Waals surface area contributed by atoms with E-state index in [1.165, 1.54) is 24.3 Å². The van der Waals surface area contributed by atoms with Crippen molar-refractivity contribution in [3.8, 4) is 22.3 Å². The van der Waals surface area contributed by atoms with E-state index < -0.39 is 0 Å². The van der Waals surface area contributed by atoms with Crippen molar-refractivity contribution in [3.05, 3.63) is 83.9 Å². The van der Waals surface area contributed by atoms with Crippen LogP contribution in [-0.2, 0) is 6.42 Å². The second-order valence-electron chi connectivity index (χ2n) is 6.22. The quantitative estimate of drug-likeness (QED) is 0.619. The predicted molar refractivity (Wildman–Crippen MR) is 103 cm³/mol. The molecule has 0 saturated carbocycles. The predicted octanol–water partition coefficient (Wildman–Crippen LogP) is 4.39. The van der Waals surface area contributed by atoms with Crippen molar-refractivity contribution in [2.75, 3.05) is 19.6 Å². The molecule has 0 aliphatic heterocycles. The van der Waals surface area contributed by atoms with Crippen LogP contribution in [0.15, 0.2) is 66.7 Å². The molecule has 4 heteroatoms. The Morgan fingerprint density at radius 1 is 0.654 bits per heavy atom. The standard InChI is InChI=1S/C22H22F2N2/c23-21-5-1-17(2-6-21)19-13-16(9-11-26-12-10-25)14-20(15-19)18-3-7-22(24)8-4-18/h1-8,13-15,26H,9-12,25H2. The maximum Gasteiger partial charge on any atom is 0.123 e. The minimum Gasteiger partial charge on any atom is -0.329 e. The average molecular weight is 352 g/mol. The van der Waals surface area contributed by atoms with Crippen LogP contribution in [-0.4, -0.2) is 19.6 Å². The molecule has 0 aliphatic rings. The van der Waals surface area contributed by atoms with Crippen molar-refractivity contribution in [3.63, 3.8) is 0 Å². The fourth-order valence-corrected chi connectivity index (χ4v) is 2.91. The molecule has 0 spiro atoms. The smallest absolute Gasteiger partial charge is 0.123 e. The largest absolute Gasteiger partial charge is 0.329 e. The molecule has 26 heavy (non-hydrogen) atoms. The lowest BCUT2D eigenvalue weighted by Crippen LogP contribution is -2.24. The summed E-state index contributed by atoms with van der Waals surface area (Å²) >= 11 is 0. The van der Waals surface area contributed by atoms with E-state index >= 15 is 0 Å². The van der Waals surface area contributed by atoms with Crippen LogP contribution < -0.4 is 11.1 Å². The van der Waals surface area contributed by atoms with Gasteiger partial charge >= 0.3 is 0 Å². The van der Waals surface area contributed by atoms with E-state index in [1.807, 2.05) is 0 Å². The first-order chi connectivity index (χ1) is 12.7. The third-order valence-corrected chi connectivity index (χ3v) is 4.26. The second-order valence-corrected chi connectivity index (χ2v) is 6.22. The van der Waals surface area contributed by atoms with Crippen molar-refractivity contribution in [2.45, 2.75) is 6.42 Å². The third-order valence-electron chi connectivity index (χ3n) is 4.26. The molecule has 0 atom stereocenters. The van der Waals surface area contributed by atoms with Crippen molar-refractivity contribution in [1.29, 1.82) is 0 Å². The number of hydrogen-bond donors (Lipinski definition) is 2. The Kier molecular flexibility index (Phi) is 6.10. The van der Waals surface area contributed by atoms with E-state index in [2.05, 4.69) is 23.5 Å². The Labute approximate surface area is 152 Å². The van der Waals surface area contributed by atoms with E-state index in [-0.39, 0.29) is 11.6 Å². The molecule has 0 saturated heterocycles. The Bertz CT molecular complexity index is 779. The fraction of sp³-hybridized carbons (Fsp3) is 0.182. The maximum atomic E-state index is 13.2. The number of halogens is 2. The summed E-state index contributed by atoms with van der Waals surface area (Å²) in [5, 5.41) is 3.29. The SMILES string of the molecule is NCCNCCc1cc(-c2ccc(F)cc2)cc(-c2ccc(F)cc2)c1. The van der Waals surface area contributed by atoms with Gasteiger partial charge in [-0.05, 0) is 71.1 Å². The van der Waals surface area contributed by atoms with E-state index in [0.29, 0.717) is 6.54 Å². The first kappa shape index (κ1) is 18.2. The van der Waals surface area contributed by atoms with Gasteiger partial charge in [-0.1, -0.05) is 36.4 Å². The molecule has 0 radical (unpaired) electrons. The molecule has 0 unspecified atom stereocenters. The number of benzene rings is 3. The second kappa shape index (κ2) is 8.70. The summed E-state index contributed by atoms with van der Waals surface area (Å²) in [5.74, 6) is -0.510. The summed E-state index contributed by atoms with van der Waals surface area (Å²) in [6.45, 7) is 2.21. The lowest BCUT2D eigenvalue weighted by molar-refractivity contribution is 0.627. The van der Waals surface area contributed by atoms with Gasteiger partial charge in [0.25, 0.3) is 0 Å². The van der Waals surface area contributed by atoms with E-state index in [1.54, 1.807) is 24.3 Å². The molecule has 0 amide bonds. The molecule has 3 aromatic carbocycles. The maximum absolute atomic E-state index is 13.2. The normalized spacial score (nSPS) is 10.9. The average Bonchev–Trinajstić information content (AvgIpc) is 2.66. The van der Waals surface area contributed by atoms with Gasteiger partial charge in [-0.3, -0.25) is 0 Å². The number of rotatable bonds is 7. The fourth-order valence-electron chi connectivity index (χ4n) is 2.91. The van der Waals surface area contributed by atoms with Crippen molar-refractivity contribution in [1.82, 2.24) is 5.32 Å². The highest BCUT2D eigenvalue weighted by atomic mass is 19.1. The van der Waals surface area contributed by atoms with Crippen LogP contribution in [0.1, 0.15) is 5.56 Å². The van der Waals surface area contributed by atoms with E-state index in [0.717, 1.165) is 47.3 Å². The molecule has 3 rings (SSSR count). The van der Waals surface area contributed by atoms with Gasteiger partial charge in [0.05, 0.1) is 0 Å². The molecule has 0 aromatic heterocycles. The zero-order chi connectivity index (χ0) is 18.4. The topological polar surface area (TPSA) is 38.0 Å². The number of nitrogens with one attached hydrogen (secondary N) is 1. The van der Waals surface area contributed by atoms with E-state index in [4.69, 9.17) is 5.73 Å². The van der Waals surface area contributed by atoms with Gasteiger partial charge in [-0.15, -0.1) is 0 Å². The summed E-state index contributed by atoms with van der Waals surface area (Å²) in [6.07, 6.45) is 0.850. The molecular formula is C22H22F2N2. The van der Waals surface area contributed by atoms with Crippen molar-refractivity contribution in [2.24, 2.45) is 5.73 Å². The molecule has 134 valence electrons. The zero-order valence-electron chi connectivity index (χ0n) is 14.5. The van der Waals surface area contributed by atoms with Gasteiger partial charge in [-0.25, -0.2) is 8.78 Å². The molecular weight excluding hydrogens is 330 g/mol. The van der Waals surface area contributed by atoms with Gasteiger partial charge in [-0.2, -0.15) is 0 Å². The van der Waals surface area contributed by atoms with Crippen LogP contribution in [0.25, 0.3) is 22.3 Å². The molecule has 0 bridgehead atoms. The summed E-state index contributed by atoms with van der Waals surface area (Å²) in [5.41, 5.74) is 10.6. The number of hydrogen-bond acceptors (Lipinski definition) is 2. The lowest BCUT2D eigenvalue weighted by atomic mass is 9.95. The Balaban J connectivity index is 1.95. The summed E-state index contributed by atoms with van der Waals surface area (Å²) < 4.78 is 26.5. The van der Waals surface area contributed by atoms with Crippen LogP contribution in [0.2, 0.25) is 0 Å². The van der Waals surface area contributed by atoms with E-state index in [9.17, 15) is 8.78 Å². The van der Waals surface area contributed by atoms with Gasteiger partial charge in [0.1, 0.15) is 11.6 Å². The van der Waals surface area contributed by atoms with Crippen molar-refractivity contribution >= 4 is 0 Å². The zero-order valence-corrected chi connectivity index (χ0v) is 14.5. The first-order valence-corrected chi connectivity index (χ1v) is 8.72. The first-order valence-electron chi connectivity index (χ1n) is 8.72. The van der Waals surface area contributed by atoms with Gasteiger partial charge in [0, 0.05) is 13.1 Å². The lowest BCUT2D eigenvalue weighted by Gasteiger charge is -2.11. The van der Waals surface area contributed by atoms with Gasteiger partial charge in [0.2, 0.25) is 0 Å². The molecule has 0 aliphatic carbocycles. The Morgan fingerprint density at radius 2 is 1.15 bits per heavy atom. The Morgan fingerprint density at radius 3 is 1.62 bits per heavy atom. The summed E-state index contributed by atoms with van der Waals surface area (Å²) in [7, 11) is 0. The van der Waals surface area contributed by atoms with Crippen LogP contribution in [0, 0.1) is 11.6 Å².